The van der Waals surface area contributed by atoms with Crippen molar-refractivity contribution in [3.8, 4) is 5.69 Å². The van der Waals surface area contributed by atoms with E-state index in [2.05, 4.69) is 58.9 Å². The second-order valence-corrected chi connectivity index (χ2v) is 14.7. The fourth-order valence-corrected chi connectivity index (χ4v) is 9.14. The summed E-state index contributed by atoms with van der Waals surface area (Å²) >= 11 is 5.00. The summed E-state index contributed by atoms with van der Waals surface area (Å²) in [5, 5.41) is 2.13. The zero-order chi connectivity index (χ0) is 31.7. The van der Waals surface area contributed by atoms with Gasteiger partial charge in [-0.15, -0.1) is 11.3 Å². The number of para-hydroxylation sites is 3. The van der Waals surface area contributed by atoms with Crippen molar-refractivity contribution < 1.29 is 17.5 Å². The average Bonchev–Trinajstić information content (AvgIpc) is 3.67. The fourth-order valence-electron chi connectivity index (χ4n) is 5.04. The topological polar surface area (TPSA) is 86.3 Å². The molecule has 3 heterocycles. The van der Waals surface area contributed by atoms with E-state index in [0.29, 0.717) is 0 Å². The summed E-state index contributed by atoms with van der Waals surface area (Å²) in [6, 6.07) is 32.5. The second-order valence-electron chi connectivity index (χ2n) is 10.2. The molecule has 0 N–H and O–H groups in total. The molecule has 0 aliphatic carbocycles. The summed E-state index contributed by atoms with van der Waals surface area (Å²) in [5.74, 6) is 0. The van der Waals surface area contributed by atoms with E-state index in [0.717, 1.165) is 42.7 Å². The van der Waals surface area contributed by atoms with E-state index in [1.165, 1.54) is 27.2 Å². The zero-order valence-corrected chi connectivity index (χ0v) is 28.0. The number of fused-ring (bicyclic) bond motifs is 2. The normalized spacial score (nSPS) is 14.4. The molecule has 0 spiro atoms. The van der Waals surface area contributed by atoms with Crippen LogP contribution < -0.4 is 24.2 Å². The number of rotatable bonds is 4. The van der Waals surface area contributed by atoms with Crippen LogP contribution in [-0.2, 0) is 16.7 Å². The van der Waals surface area contributed by atoms with Crippen molar-refractivity contribution in [3.05, 3.63) is 133 Å². The van der Waals surface area contributed by atoms with Crippen molar-refractivity contribution >= 4 is 71.6 Å². The van der Waals surface area contributed by atoms with Crippen LogP contribution in [0, 0.1) is 6.92 Å². The highest BCUT2D eigenvalue weighted by molar-refractivity contribution is 8.08. The van der Waals surface area contributed by atoms with Gasteiger partial charge in [0.2, 0.25) is 5.52 Å². The minimum atomic E-state index is -4.27. The lowest BCUT2D eigenvalue weighted by molar-refractivity contribution is -0.665. The van der Waals surface area contributed by atoms with Crippen molar-refractivity contribution in [2.45, 2.75) is 30.2 Å². The van der Waals surface area contributed by atoms with Crippen LogP contribution in [0.4, 0.5) is 5.69 Å². The molecule has 0 unspecified atom stereocenters. The molecular weight excluding hydrogens is 643 g/mol. The summed E-state index contributed by atoms with van der Waals surface area (Å²) < 4.78 is 38.3. The summed E-state index contributed by atoms with van der Waals surface area (Å²) in [7, 11) is -2.23. The van der Waals surface area contributed by atoms with Crippen LogP contribution in [0.1, 0.15) is 17.5 Å². The predicted molar refractivity (Wildman–Crippen MR) is 184 cm³/mol. The Morgan fingerprint density at radius 3 is 2.22 bits per heavy atom. The van der Waals surface area contributed by atoms with Crippen molar-refractivity contribution in [1.29, 1.82) is 0 Å². The fraction of sp³-hybridized carbons (Fsp3) is 0.118. The summed E-state index contributed by atoms with van der Waals surface area (Å²) in [6.45, 7) is 4.86. The Balaban J connectivity index is 0.000000276. The Hall–Kier alpha value is -4.00. The minimum absolute atomic E-state index is 0.0220. The third-order valence-corrected chi connectivity index (χ3v) is 11.7. The van der Waals surface area contributed by atoms with Crippen molar-refractivity contribution in [2.75, 3.05) is 11.9 Å². The number of aryl methyl sites for hydroxylation is 2. The second kappa shape index (κ2) is 12.8. The number of benzene rings is 4. The Bertz CT molecular complexity index is 2310. The maximum Gasteiger partial charge on any atom is 0.276 e. The number of hydrogen-bond donors (Lipinski definition) is 0. The van der Waals surface area contributed by atoms with E-state index in [1.807, 2.05) is 61.0 Å². The molecule has 0 fully saturated rings. The van der Waals surface area contributed by atoms with E-state index in [1.54, 1.807) is 46.6 Å². The first-order chi connectivity index (χ1) is 21.7. The molecule has 0 amide bonds. The van der Waals surface area contributed by atoms with Crippen LogP contribution >= 0.6 is 34.4 Å². The molecule has 0 atom stereocenters. The number of anilines is 1. The lowest BCUT2D eigenvalue weighted by atomic mass is 10.2. The average molecular weight is 672 g/mol. The molecule has 1 aliphatic rings. The Kier molecular flexibility index (Phi) is 8.80. The van der Waals surface area contributed by atoms with Gasteiger partial charge < -0.3 is 9.45 Å². The molecule has 1 aliphatic heterocycles. The first-order valence-electron chi connectivity index (χ1n) is 14.1. The van der Waals surface area contributed by atoms with E-state index in [9.17, 15) is 17.8 Å². The van der Waals surface area contributed by atoms with E-state index < -0.39 is 10.1 Å². The third kappa shape index (κ3) is 6.27. The van der Waals surface area contributed by atoms with Crippen LogP contribution in [0.15, 0.2) is 118 Å². The molecule has 11 heteroatoms. The molecule has 4 aromatic carbocycles. The van der Waals surface area contributed by atoms with Gasteiger partial charge in [-0.25, -0.2) is 8.42 Å². The molecule has 7 rings (SSSR count). The van der Waals surface area contributed by atoms with Gasteiger partial charge in [0, 0.05) is 18.0 Å². The molecule has 228 valence electrons. The predicted octanol–water partition coefficient (Wildman–Crippen LogP) is 5.46. The highest BCUT2D eigenvalue weighted by Crippen LogP contribution is 2.44. The molecule has 0 saturated heterocycles. The van der Waals surface area contributed by atoms with Crippen molar-refractivity contribution in [1.82, 2.24) is 4.57 Å². The van der Waals surface area contributed by atoms with E-state index in [-0.39, 0.29) is 10.5 Å². The summed E-state index contributed by atoms with van der Waals surface area (Å²) in [6.07, 6.45) is 2.17. The molecule has 45 heavy (non-hydrogen) atoms. The monoisotopic (exact) mass is 671 g/mol. The lowest BCUT2D eigenvalue weighted by Gasteiger charge is -2.11. The third-order valence-electron chi connectivity index (χ3n) is 7.28. The van der Waals surface area contributed by atoms with Crippen LogP contribution in [0.2, 0.25) is 0 Å². The molecule has 6 aromatic rings. The number of thioether (sulfide) groups is 1. The zero-order valence-electron chi connectivity index (χ0n) is 24.7. The van der Waals surface area contributed by atoms with Gasteiger partial charge in [-0.2, -0.15) is 4.57 Å². The van der Waals surface area contributed by atoms with Gasteiger partial charge in [-0.05, 0) is 56.3 Å². The van der Waals surface area contributed by atoms with Crippen molar-refractivity contribution in [2.24, 2.45) is 0 Å². The largest absolute Gasteiger partial charge is 0.744 e. The number of thiazole rings is 2. The summed E-state index contributed by atoms with van der Waals surface area (Å²) in [4.78, 5) is 17.0. The first kappa shape index (κ1) is 31.0. The Morgan fingerprint density at radius 1 is 0.867 bits per heavy atom. The molecule has 7 nitrogen and oxygen atoms in total. The Morgan fingerprint density at radius 2 is 1.53 bits per heavy atom. The van der Waals surface area contributed by atoms with Gasteiger partial charge in [0.15, 0.2) is 0 Å². The van der Waals surface area contributed by atoms with Crippen LogP contribution in [0.3, 0.4) is 0 Å². The van der Waals surface area contributed by atoms with Gasteiger partial charge in [-0.1, -0.05) is 83.3 Å². The van der Waals surface area contributed by atoms with Gasteiger partial charge >= 0.3 is 0 Å². The smallest absolute Gasteiger partial charge is 0.276 e. The van der Waals surface area contributed by atoms with Crippen LogP contribution in [0.25, 0.3) is 27.0 Å². The minimum Gasteiger partial charge on any atom is -0.744 e. The lowest BCUT2D eigenvalue weighted by Crippen LogP contribution is -2.35. The quantitative estimate of drug-likeness (QED) is 0.183. The number of hydrogen-bond acceptors (Lipinski definition) is 8. The molecule has 0 bridgehead atoms. The highest BCUT2D eigenvalue weighted by atomic mass is 32.2. The Labute approximate surface area is 273 Å². The van der Waals surface area contributed by atoms with Gasteiger partial charge in [0.25, 0.3) is 10.6 Å². The highest BCUT2D eigenvalue weighted by Gasteiger charge is 2.25. The molecule has 0 saturated carbocycles. The summed E-state index contributed by atoms with van der Waals surface area (Å²) in [5.41, 5.74) is 4.20. The first-order valence-corrected chi connectivity index (χ1v) is 18.0. The maximum atomic E-state index is 13.9. The van der Waals surface area contributed by atoms with Gasteiger partial charge in [-0.3, -0.25) is 9.36 Å². The van der Waals surface area contributed by atoms with Crippen LogP contribution in [-0.4, -0.2) is 24.6 Å². The molecular formula is C34H29N3O4S4. The SMILES string of the molecule is CC[n+]1c(/C=c2\s/c(=C3/Sc4ccccc4N3C)c(=O)n2-c2ccccc2)sc2ccccc21.Cc1ccc(S(=O)(=O)[O-])cc1. The van der Waals surface area contributed by atoms with E-state index >= 15 is 0 Å². The van der Waals surface area contributed by atoms with Crippen LogP contribution in [0.5, 0.6) is 0 Å². The molecule has 2 aromatic heterocycles. The van der Waals surface area contributed by atoms with Gasteiger partial charge in [0.1, 0.15) is 35.6 Å². The van der Waals surface area contributed by atoms with E-state index in [4.69, 9.17) is 0 Å². The maximum absolute atomic E-state index is 13.9. The van der Waals surface area contributed by atoms with Gasteiger partial charge in [0.05, 0.1) is 22.3 Å². The van der Waals surface area contributed by atoms with Crippen molar-refractivity contribution in [3.63, 3.8) is 0 Å². The molecule has 0 radical (unpaired) electrons. The number of nitrogens with zero attached hydrogens (tertiary/aromatic N) is 3. The standard InChI is InChI=1S/C27H22N3OS3.C7H8O3S/c1-3-29-20-14-8-10-16-22(20)32-23(29)17-24-30(18-11-5-4-6-12-18)26(31)25(34-24)27-28(2)19-13-7-9-15-21(19)33-27;1-6-2-4-7(5-3-6)11(8,9)10/h4-17H,3H2,1-2H3;2-5H,1H3,(H,8,9,10)/q+1;/p-1/b27-25+;. The number of aromatic nitrogens is 2.